The van der Waals surface area contributed by atoms with Crippen LogP contribution in [0, 0.1) is 5.92 Å². The minimum atomic E-state index is -0.721. The Bertz CT molecular complexity index is 315. The molecule has 1 aliphatic carbocycles. The van der Waals surface area contributed by atoms with Crippen LogP contribution in [0.25, 0.3) is 0 Å². The van der Waals surface area contributed by atoms with Gasteiger partial charge in [0.15, 0.2) is 0 Å². The van der Waals surface area contributed by atoms with E-state index < -0.39 is 5.97 Å². The molecule has 1 saturated carbocycles. The highest BCUT2D eigenvalue weighted by atomic mass is 32.2. The lowest BCUT2D eigenvalue weighted by atomic mass is 9.85. The molecule has 102 valence electrons. The van der Waals surface area contributed by atoms with Gasteiger partial charge in [-0.1, -0.05) is 12.8 Å². The van der Waals surface area contributed by atoms with Gasteiger partial charge in [0.25, 0.3) is 0 Å². The van der Waals surface area contributed by atoms with E-state index in [1.807, 2.05) is 0 Å². The Balaban J connectivity index is 1.81. The number of hydrogen-bond donors (Lipinski definition) is 2. The lowest BCUT2D eigenvalue weighted by Gasteiger charge is -2.29. The maximum Gasteiger partial charge on any atom is 0.306 e. The van der Waals surface area contributed by atoms with Crippen molar-refractivity contribution in [1.29, 1.82) is 0 Å². The molecule has 0 bridgehead atoms. The summed E-state index contributed by atoms with van der Waals surface area (Å²) < 4.78 is 0. The van der Waals surface area contributed by atoms with Gasteiger partial charge >= 0.3 is 5.97 Å². The Morgan fingerprint density at radius 3 is 2.61 bits per heavy atom. The van der Waals surface area contributed by atoms with Gasteiger partial charge in [0.1, 0.15) is 0 Å². The molecule has 1 saturated heterocycles. The maximum absolute atomic E-state index is 12.1. The molecule has 0 aromatic rings. The molecule has 0 aromatic heterocycles. The third-order valence-electron chi connectivity index (χ3n) is 3.84. The van der Waals surface area contributed by atoms with Crippen molar-refractivity contribution in [3.05, 3.63) is 0 Å². The van der Waals surface area contributed by atoms with Gasteiger partial charge in [0.2, 0.25) is 5.91 Å². The first kappa shape index (κ1) is 13.7. The Labute approximate surface area is 112 Å². The van der Waals surface area contributed by atoms with Gasteiger partial charge in [0, 0.05) is 6.04 Å². The summed E-state index contributed by atoms with van der Waals surface area (Å²) in [5.74, 6) is 0.195. The van der Waals surface area contributed by atoms with Gasteiger partial charge in [-0.2, -0.15) is 0 Å². The monoisotopic (exact) mass is 271 g/mol. The topological polar surface area (TPSA) is 66.4 Å². The van der Waals surface area contributed by atoms with E-state index >= 15 is 0 Å². The number of carboxylic acids is 1. The van der Waals surface area contributed by atoms with Crippen molar-refractivity contribution in [2.75, 3.05) is 5.75 Å². The average Bonchev–Trinajstić information content (AvgIpc) is 2.40. The molecule has 1 aliphatic heterocycles. The van der Waals surface area contributed by atoms with E-state index in [1.54, 1.807) is 11.8 Å². The van der Waals surface area contributed by atoms with E-state index in [1.165, 1.54) is 6.42 Å². The van der Waals surface area contributed by atoms with Crippen molar-refractivity contribution in [3.63, 3.8) is 0 Å². The summed E-state index contributed by atoms with van der Waals surface area (Å²) >= 11 is 1.74. The van der Waals surface area contributed by atoms with Crippen LogP contribution in [-0.4, -0.2) is 34.0 Å². The number of amides is 1. The normalized spacial score (nSPS) is 32.8. The second kappa shape index (κ2) is 6.45. The number of rotatable bonds is 3. The van der Waals surface area contributed by atoms with Crippen LogP contribution < -0.4 is 5.32 Å². The van der Waals surface area contributed by atoms with Crippen LogP contribution >= 0.6 is 11.8 Å². The molecule has 0 aromatic carbocycles. The highest BCUT2D eigenvalue weighted by Crippen LogP contribution is 2.27. The Kier molecular flexibility index (Phi) is 4.92. The first-order chi connectivity index (χ1) is 8.66. The largest absolute Gasteiger partial charge is 0.481 e. The number of carboxylic acid groups (broad SMARTS) is 1. The average molecular weight is 271 g/mol. The van der Waals surface area contributed by atoms with Crippen molar-refractivity contribution < 1.29 is 14.7 Å². The van der Waals surface area contributed by atoms with Gasteiger partial charge < -0.3 is 10.4 Å². The SMILES string of the molecule is O=C(O)C1CCCC(NC(=O)C2CCCCS2)C1. The molecule has 2 aliphatic rings. The molecule has 18 heavy (non-hydrogen) atoms. The minimum absolute atomic E-state index is 0.0647. The summed E-state index contributed by atoms with van der Waals surface area (Å²) in [4.78, 5) is 23.0. The van der Waals surface area contributed by atoms with Crippen LogP contribution in [-0.2, 0) is 9.59 Å². The number of aliphatic carboxylic acids is 1. The van der Waals surface area contributed by atoms with E-state index in [-0.39, 0.29) is 23.1 Å². The summed E-state index contributed by atoms with van der Waals surface area (Å²) in [5, 5.41) is 12.2. The fourth-order valence-electron chi connectivity index (χ4n) is 2.79. The van der Waals surface area contributed by atoms with Crippen LogP contribution in [0.5, 0.6) is 0 Å². The first-order valence-corrected chi connectivity index (χ1v) is 7.86. The van der Waals surface area contributed by atoms with Crippen molar-refractivity contribution in [3.8, 4) is 0 Å². The number of thioether (sulfide) groups is 1. The molecular weight excluding hydrogens is 250 g/mol. The number of carbonyl (C=O) groups excluding carboxylic acids is 1. The third-order valence-corrected chi connectivity index (χ3v) is 5.22. The molecule has 0 spiro atoms. The van der Waals surface area contributed by atoms with Crippen LogP contribution in [0.4, 0.5) is 0 Å². The molecule has 4 nitrogen and oxygen atoms in total. The number of carbonyl (C=O) groups is 2. The number of nitrogens with one attached hydrogen (secondary N) is 1. The van der Waals surface area contributed by atoms with Crippen molar-refractivity contribution in [1.82, 2.24) is 5.32 Å². The lowest BCUT2D eigenvalue weighted by Crippen LogP contribution is -2.44. The second-order valence-electron chi connectivity index (χ2n) is 5.26. The summed E-state index contributed by atoms with van der Waals surface area (Å²) in [6.45, 7) is 0. The van der Waals surface area contributed by atoms with Crippen molar-refractivity contribution >= 4 is 23.6 Å². The quantitative estimate of drug-likeness (QED) is 0.824. The molecule has 3 atom stereocenters. The van der Waals surface area contributed by atoms with Crippen LogP contribution in [0.2, 0.25) is 0 Å². The zero-order valence-corrected chi connectivity index (χ0v) is 11.4. The molecule has 2 rings (SSSR count). The standard InChI is InChI=1S/C13H21NO3S/c15-12(11-6-1-2-7-18-11)14-10-5-3-4-9(8-10)13(16)17/h9-11H,1-8H2,(H,14,15)(H,16,17). The van der Waals surface area contributed by atoms with E-state index in [9.17, 15) is 9.59 Å². The van der Waals surface area contributed by atoms with Gasteiger partial charge in [-0.05, 0) is 37.9 Å². The second-order valence-corrected chi connectivity index (χ2v) is 6.57. The predicted molar refractivity (Wildman–Crippen MR) is 71.6 cm³/mol. The first-order valence-electron chi connectivity index (χ1n) is 6.81. The fourth-order valence-corrected chi connectivity index (χ4v) is 3.99. The van der Waals surface area contributed by atoms with E-state index in [4.69, 9.17) is 5.11 Å². The molecule has 1 amide bonds. The minimum Gasteiger partial charge on any atom is -0.481 e. The molecule has 2 fully saturated rings. The van der Waals surface area contributed by atoms with Gasteiger partial charge in [-0.25, -0.2) is 0 Å². The third kappa shape index (κ3) is 3.64. The Morgan fingerprint density at radius 2 is 1.94 bits per heavy atom. The summed E-state index contributed by atoms with van der Waals surface area (Å²) in [7, 11) is 0. The number of hydrogen-bond acceptors (Lipinski definition) is 3. The smallest absolute Gasteiger partial charge is 0.306 e. The van der Waals surface area contributed by atoms with Gasteiger partial charge in [0.05, 0.1) is 11.2 Å². The van der Waals surface area contributed by atoms with Gasteiger partial charge in [-0.3, -0.25) is 9.59 Å². The zero-order chi connectivity index (χ0) is 13.0. The zero-order valence-electron chi connectivity index (χ0n) is 10.6. The summed E-state index contributed by atoms with van der Waals surface area (Å²) in [6, 6.07) is 0.0647. The molecule has 0 radical (unpaired) electrons. The van der Waals surface area contributed by atoms with Gasteiger partial charge in [-0.15, -0.1) is 11.8 Å². The van der Waals surface area contributed by atoms with Crippen molar-refractivity contribution in [2.24, 2.45) is 5.92 Å². The van der Waals surface area contributed by atoms with Crippen LogP contribution in [0.15, 0.2) is 0 Å². The highest BCUT2D eigenvalue weighted by Gasteiger charge is 2.30. The highest BCUT2D eigenvalue weighted by molar-refractivity contribution is 8.00. The predicted octanol–water partition coefficient (Wildman–Crippen LogP) is 2.03. The van der Waals surface area contributed by atoms with Crippen LogP contribution in [0.3, 0.4) is 0 Å². The molecule has 2 N–H and O–H groups in total. The van der Waals surface area contributed by atoms with Crippen LogP contribution in [0.1, 0.15) is 44.9 Å². The Morgan fingerprint density at radius 1 is 1.11 bits per heavy atom. The van der Waals surface area contributed by atoms with E-state index in [2.05, 4.69) is 5.32 Å². The van der Waals surface area contributed by atoms with Crippen molar-refractivity contribution in [2.45, 2.75) is 56.2 Å². The Hall–Kier alpha value is -0.710. The molecule has 5 heteroatoms. The summed E-state index contributed by atoms with van der Waals surface area (Å²) in [6.07, 6.45) is 6.48. The lowest BCUT2D eigenvalue weighted by molar-refractivity contribution is -0.143. The summed E-state index contributed by atoms with van der Waals surface area (Å²) in [5.41, 5.74) is 0. The molecular formula is C13H21NO3S. The molecule has 3 unspecified atom stereocenters. The fraction of sp³-hybridized carbons (Fsp3) is 0.846. The molecule has 1 heterocycles. The van der Waals surface area contributed by atoms with E-state index in [0.717, 1.165) is 37.9 Å². The van der Waals surface area contributed by atoms with E-state index in [0.29, 0.717) is 6.42 Å². The maximum atomic E-state index is 12.1.